The summed E-state index contributed by atoms with van der Waals surface area (Å²) in [6, 6.07) is 7.05. The van der Waals surface area contributed by atoms with Crippen molar-refractivity contribution in [2.75, 3.05) is 11.4 Å². The number of ether oxygens (including phenoxy) is 1. The number of nitrogens with zero attached hydrogens (tertiary/aromatic N) is 1. The summed E-state index contributed by atoms with van der Waals surface area (Å²) in [6.45, 7) is 4.11. The lowest BCUT2D eigenvalue weighted by molar-refractivity contribution is -0.117. The van der Waals surface area contributed by atoms with Gasteiger partial charge in [-0.1, -0.05) is 6.92 Å². The molecule has 1 saturated heterocycles. The van der Waals surface area contributed by atoms with E-state index in [-0.39, 0.29) is 25.0 Å². The summed E-state index contributed by atoms with van der Waals surface area (Å²) in [5.41, 5.74) is 0.652. The van der Waals surface area contributed by atoms with E-state index in [1.807, 2.05) is 13.8 Å². The van der Waals surface area contributed by atoms with E-state index in [4.69, 9.17) is 15.4 Å². The van der Waals surface area contributed by atoms with Crippen molar-refractivity contribution in [1.82, 2.24) is 0 Å². The van der Waals surface area contributed by atoms with Crippen molar-refractivity contribution in [2.24, 2.45) is 0 Å². The molecular weight excluding hydrogens is 314 g/mol. The average molecular weight is 332 g/mol. The highest BCUT2D eigenvalue weighted by atomic mass is 35.7. The van der Waals surface area contributed by atoms with Crippen molar-refractivity contribution in [1.29, 1.82) is 0 Å². The van der Waals surface area contributed by atoms with E-state index in [1.54, 1.807) is 24.3 Å². The maximum atomic E-state index is 11.9. The van der Waals surface area contributed by atoms with E-state index < -0.39 is 14.3 Å². The topological polar surface area (TPSA) is 63.7 Å². The second-order valence-electron chi connectivity index (χ2n) is 5.14. The number of benzene rings is 1. The molecule has 0 spiro atoms. The van der Waals surface area contributed by atoms with Gasteiger partial charge in [-0.15, -0.1) is 0 Å². The molecule has 0 bridgehead atoms. The lowest BCUT2D eigenvalue weighted by Gasteiger charge is -2.18. The first-order valence-corrected chi connectivity index (χ1v) is 9.19. The predicted octanol–water partition coefficient (Wildman–Crippen LogP) is 2.54. The van der Waals surface area contributed by atoms with Crippen molar-refractivity contribution in [3.8, 4) is 5.75 Å². The molecule has 1 aromatic carbocycles. The zero-order valence-electron chi connectivity index (χ0n) is 12.0. The lowest BCUT2D eigenvalue weighted by atomic mass is 10.2. The Balaban J connectivity index is 2.11. The van der Waals surface area contributed by atoms with Crippen LogP contribution in [0.5, 0.6) is 5.75 Å². The van der Waals surface area contributed by atoms with E-state index in [9.17, 15) is 13.2 Å². The number of rotatable bonds is 5. The molecular formula is C14H18ClNO4S. The minimum atomic E-state index is -3.72. The Bertz CT molecular complexity index is 614. The summed E-state index contributed by atoms with van der Waals surface area (Å²) in [4.78, 5) is 13.4. The van der Waals surface area contributed by atoms with Crippen molar-refractivity contribution in [2.45, 2.75) is 38.0 Å². The molecule has 0 saturated carbocycles. The molecule has 0 aromatic heterocycles. The predicted molar refractivity (Wildman–Crippen MR) is 82.4 cm³/mol. The number of amides is 1. The second-order valence-corrected chi connectivity index (χ2v) is 8.04. The maximum Gasteiger partial charge on any atom is 0.237 e. The molecule has 0 N–H and O–H groups in total. The van der Waals surface area contributed by atoms with E-state index in [2.05, 4.69) is 0 Å². The molecule has 1 amide bonds. The fraction of sp³-hybridized carbons (Fsp3) is 0.500. The van der Waals surface area contributed by atoms with E-state index in [0.717, 1.165) is 12.2 Å². The Hall–Kier alpha value is -1.27. The monoisotopic (exact) mass is 331 g/mol. The van der Waals surface area contributed by atoms with E-state index in [0.29, 0.717) is 5.69 Å². The summed E-state index contributed by atoms with van der Waals surface area (Å²) >= 11 is 0. The highest BCUT2D eigenvalue weighted by Gasteiger charge is 2.37. The van der Waals surface area contributed by atoms with Crippen LogP contribution in [0.1, 0.15) is 26.7 Å². The normalized spacial score (nSPS) is 20.6. The number of hydrogen-bond donors (Lipinski definition) is 0. The van der Waals surface area contributed by atoms with Crippen LogP contribution >= 0.6 is 10.7 Å². The Morgan fingerprint density at radius 3 is 2.48 bits per heavy atom. The minimum Gasteiger partial charge on any atom is -0.491 e. The molecule has 21 heavy (non-hydrogen) atoms. The molecule has 5 nitrogen and oxygen atoms in total. The number of anilines is 1. The van der Waals surface area contributed by atoms with Crippen LogP contribution in [-0.4, -0.2) is 32.2 Å². The molecule has 1 heterocycles. The van der Waals surface area contributed by atoms with Gasteiger partial charge in [0.05, 0.1) is 6.10 Å². The first-order valence-electron chi connectivity index (χ1n) is 6.81. The third-order valence-corrected chi connectivity index (χ3v) is 5.42. The third-order valence-electron chi connectivity index (χ3n) is 3.55. The Morgan fingerprint density at radius 2 is 2.00 bits per heavy atom. The highest BCUT2D eigenvalue weighted by Crippen LogP contribution is 2.28. The van der Waals surface area contributed by atoms with Gasteiger partial charge in [0.25, 0.3) is 0 Å². The molecule has 2 atom stereocenters. The van der Waals surface area contributed by atoms with Crippen LogP contribution in [0.2, 0.25) is 0 Å². The summed E-state index contributed by atoms with van der Waals surface area (Å²) in [5, 5.41) is -0.845. The lowest BCUT2D eigenvalue weighted by Crippen LogP contribution is -2.26. The molecule has 2 rings (SSSR count). The van der Waals surface area contributed by atoms with Crippen LogP contribution in [0.3, 0.4) is 0 Å². The second kappa shape index (κ2) is 6.23. The van der Waals surface area contributed by atoms with Gasteiger partial charge in [0.2, 0.25) is 15.0 Å². The standard InChI is InChI=1S/C14H18ClNO4S/c1-3-10(2)20-12-6-4-11(5-7-12)16-9-13(8-14(16)17)21(15,18)19/h4-7,10,13H,3,8-9H2,1-2H3. The summed E-state index contributed by atoms with van der Waals surface area (Å²) in [6.07, 6.45) is 0.952. The van der Waals surface area contributed by atoms with Gasteiger partial charge in [-0.05, 0) is 37.6 Å². The van der Waals surface area contributed by atoms with E-state index in [1.165, 1.54) is 4.90 Å². The molecule has 1 aliphatic heterocycles. The number of halogens is 1. The smallest absolute Gasteiger partial charge is 0.237 e. The molecule has 2 unspecified atom stereocenters. The first-order chi connectivity index (χ1) is 9.81. The van der Waals surface area contributed by atoms with Crippen LogP contribution in [0.15, 0.2) is 24.3 Å². The van der Waals surface area contributed by atoms with Gasteiger partial charge < -0.3 is 9.64 Å². The van der Waals surface area contributed by atoms with Crippen molar-refractivity contribution in [3.05, 3.63) is 24.3 Å². The largest absolute Gasteiger partial charge is 0.491 e. The average Bonchev–Trinajstić information content (AvgIpc) is 2.81. The van der Waals surface area contributed by atoms with Crippen LogP contribution in [0, 0.1) is 0 Å². The maximum absolute atomic E-state index is 11.9. The molecule has 7 heteroatoms. The summed E-state index contributed by atoms with van der Waals surface area (Å²) in [5.74, 6) is 0.487. The van der Waals surface area contributed by atoms with Gasteiger partial charge in [-0.2, -0.15) is 0 Å². The van der Waals surface area contributed by atoms with Crippen LogP contribution in [-0.2, 0) is 13.8 Å². The van der Waals surface area contributed by atoms with Gasteiger partial charge >= 0.3 is 0 Å². The summed E-state index contributed by atoms with van der Waals surface area (Å²) in [7, 11) is 1.61. The molecule has 1 aromatic rings. The van der Waals surface area contributed by atoms with Crippen LogP contribution in [0.25, 0.3) is 0 Å². The van der Waals surface area contributed by atoms with Gasteiger partial charge in [-0.25, -0.2) is 8.42 Å². The van der Waals surface area contributed by atoms with Crippen LogP contribution in [0.4, 0.5) is 5.69 Å². The molecule has 1 aliphatic rings. The van der Waals surface area contributed by atoms with Gasteiger partial charge in [0.15, 0.2) is 0 Å². The van der Waals surface area contributed by atoms with E-state index >= 15 is 0 Å². The summed E-state index contributed by atoms with van der Waals surface area (Å²) < 4.78 is 28.3. The molecule has 116 valence electrons. The fourth-order valence-corrected chi connectivity index (χ4v) is 3.16. The Morgan fingerprint density at radius 1 is 1.38 bits per heavy atom. The minimum absolute atomic E-state index is 0.0725. The molecule has 0 aliphatic carbocycles. The zero-order chi connectivity index (χ0) is 15.6. The third kappa shape index (κ3) is 3.89. The molecule has 0 radical (unpaired) electrons. The Labute approximate surface area is 129 Å². The van der Waals surface area contributed by atoms with Crippen molar-refractivity contribution < 1.29 is 17.9 Å². The van der Waals surface area contributed by atoms with Crippen molar-refractivity contribution in [3.63, 3.8) is 0 Å². The number of hydrogen-bond acceptors (Lipinski definition) is 4. The van der Waals surface area contributed by atoms with Crippen LogP contribution < -0.4 is 9.64 Å². The molecule has 1 fully saturated rings. The number of carbonyl (C=O) groups excluding carboxylic acids is 1. The Kier molecular flexibility index (Phi) is 4.78. The highest BCUT2D eigenvalue weighted by molar-refractivity contribution is 8.14. The van der Waals surface area contributed by atoms with Gasteiger partial charge in [-0.3, -0.25) is 4.79 Å². The fourth-order valence-electron chi connectivity index (χ4n) is 2.13. The van der Waals surface area contributed by atoms with Gasteiger partial charge in [0, 0.05) is 29.3 Å². The SMILES string of the molecule is CCC(C)Oc1ccc(N2CC(S(=O)(=O)Cl)CC2=O)cc1. The van der Waals surface area contributed by atoms with Gasteiger partial charge in [0.1, 0.15) is 11.0 Å². The van der Waals surface area contributed by atoms with Crippen molar-refractivity contribution >= 4 is 31.3 Å². The zero-order valence-corrected chi connectivity index (χ0v) is 13.5. The first kappa shape index (κ1) is 16.1. The quantitative estimate of drug-likeness (QED) is 0.778. The number of carbonyl (C=O) groups is 1.